The number of anilines is 2. The number of hydrogen-bond acceptors (Lipinski definition) is 10. The van der Waals surface area contributed by atoms with Crippen LogP contribution in [0.25, 0.3) is 5.82 Å². The molecule has 3 atom stereocenters. The first-order valence-electron chi connectivity index (χ1n) is 16.3. The molecule has 0 N–H and O–H groups in total. The molecule has 5 heterocycles. The zero-order chi connectivity index (χ0) is 34.0. The lowest BCUT2D eigenvalue weighted by Crippen LogP contribution is -2.46. The third kappa shape index (κ3) is 6.76. The van der Waals surface area contributed by atoms with Crippen LogP contribution in [0.2, 0.25) is 0 Å². The Balaban J connectivity index is 0.925. The van der Waals surface area contributed by atoms with Gasteiger partial charge in [-0.05, 0) is 61.9 Å². The maximum atomic E-state index is 14.9. The molecule has 2 fully saturated rings. The molecule has 7 rings (SSSR count). The predicted octanol–water partition coefficient (Wildman–Crippen LogP) is 3.94. The highest BCUT2D eigenvalue weighted by molar-refractivity contribution is 5.53. The lowest BCUT2D eigenvalue weighted by molar-refractivity contribution is -0.192. The van der Waals surface area contributed by atoms with Gasteiger partial charge >= 0.3 is 5.69 Å². The Morgan fingerprint density at radius 3 is 2.41 bits per heavy atom. The summed E-state index contributed by atoms with van der Waals surface area (Å²) in [5.41, 5.74) is 1.96. The number of aromatic nitrogens is 7. The minimum absolute atomic E-state index is 0.0242. The largest absolute Gasteiger partial charge is 0.491 e. The van der Waals surface area contributed by atoms with Crippen LogP contribution >= 0.6 is 0 Å². The molecule has 0 amide bonds. The van der Waals surface area contributed by atoms with Crippen LogP contribution in [0, 0.1) is 11.6 Å². The second-order valence-electron chi connectivity index (χ2n) is 12.2. The van der Waals surface area contributed by atoms with Crippen LogP contribution in [0.3, 0.4) is 0 Å². The van der Waals surface area contributed by atoms with Crippen LogP contribution < -0.4 is 20.2 Å². The Bertz CT molecular complexity index is 1910. The monoisotopic (exact) mass is 673 g/mol. The van der Waals surface area contributed by atoms with E-state index in [2.05, 4.69) is 30.0 Å². The smallest absolute Gasteiger partial charge is 0.351 e. The number of nitrogens with zero attached hydrogens (tertiary/aromatic N) is 9. The van der Waals surface area contributed by atoms with Gasteiger partial charge in [-0.3, -0.25) is 0 Å². The molecular weight excluding hydrogens is 636 g/mol. The molecule has 0 radical (unpaired) electrons. The molecule has 256 valence electrons. The fourth-order valence-electron chi connectivity index (χ4n) is 6.10. The molecule has 2 aromatic carbocycles. The Morgan fingerprint density at radius 2 is 1.73 bits per heavy atom. The van der Waals surface area contributed by atoms with Gasteiger partial charge in [-0.25, -0.2) is 37.5 Å². The predicted molar refractivity (Wildman–Crippen MR) is 176 cm³/mol. The third-order valence-electron chi connectivity index (χ3n) is 9.00. The van der Waals surface area contributed by atoms with Crippen LogP contribution in [0.15, 0.2) is 84.6 Å². The molecule has 15 heteroatoms. The van der Waals surface area contributed by atoms with E-state index in [1.54, 1.807) is 6.20 Å². The van der Waals surface area contributed by atoms with Gasteiger partial charge in [-0.1, -0.05) is 6.92 Å². The summed E-state index contributed by atoms with van der Waals surface area (Å²) >= 11 is 0. The number of hydrogen-bond donors (Lipinski definition) is 0. The van der Waals surface area contributed by atoms with Crippen LogP contribution in [-0.4, -0.2) is 79.6 Å². The van der Waals surface area contributed by atoms with E-state index >= 15 is 0 Å². The van der Waals surface area contributed by atoms with Gasteiger partial charge in [-0.15, -0.1) is 0 Å². The van der Waals surface area contributed by atoms with Crippen LogP contribution in [-0.2, 0) is 21.8 Å². The van der Waals surface area contributed by atoms with E-state index in [9.17, 15) is 13.6 Å². The zero-order valence-electron chi connectivity index (χ0n) is 27.2. The summed E-state index contributed by atoms with van der Waals surface area (Å²) in [6.07, 6.45) is 6.48. The third-order valence-corrected chi connectivity index (χ3v) is 9.00. The van der Waals surface area contributed by atoms with Gasteiger partial charge < -0.3 is 24.0 Å². The maximum Gasteiger partial charge on any atom is 0.351 e. The Hall–Kier alpha value is -5.15. The number of piperazine rings is 1. The van der Waals surface area contributed by atoms with Crippen molar-refractivity contribution in [3.8, 4) is 11.6 Å². The molecule has 1 unspecified atom stereocenters. The van der Waals surface area contributed by atoms with Gasteiger partial charge in [0.2, 0.25) is 5.79 Å². The minimum Gasteiger partial charge on any atom is -0.491 e. The molecule has 0 spiro atoms. The molecule has 2 aliphatic rings. The molecule has 0 bridgehead atoms. The van der Waals surface area contributed by atoms with Crippen molar-refractivity contribution in [3.63, 3.8) is 0 Å². The minimum atomic E-state index is -1.51. The average Bonchev–Trinajstić information content (AvgIpc) is 3.88. The van der Waals surface area contributed by atoms with Crippen molar-refractivity contribution in [2.24, 2.45) is 0 Å². The van der Waals surface area contributed by atoms with E-state index in [4.69, 9.17) is 14.2 Å². The van der Waals surface area contributed by atoms with Gasteiger partial charge in [-0.2, -0.15) is 10.2 Å². The molecule has 49 heavy (non-hydrogen) atoms. The standard InChI is InChI=1S/C34H37F2N9O4/c1-3-24(2)45-33(46)44(23-40-45)32-11-7-27(17-38-32)42-14-12-41(13-15-42)26-5-8-28(9-6-26)47-18-29-19-48-34(49-29,20-43-22-37-21-39-43)30-10-4-25(35)16-31(30)36/h4-11,16-17,21-24,29H,3,12-15,18-20H2,1-2H3/t24?,29-,34-/m0/s1. The van der Waals surface area contributed by atoms with Gasteiger partial charge in [0.15, 0.2) is 0 Å². The number of halogens is 2. The van der Waals surface area contributed by atoms with E-state index < -0.39 is 23.5 Å². The van der Waals surface area contributed by atoms with E-state index in [0.29, 0.717) is 11.6 Å². The average molecular weight is 674 g/mol. The highest BCUT2D eigenvalue weighted by atomic mass is 19.1. The van der Waals surface area contributed by atoms with E-state index in [1.165, 1.54) is 45.0 Å². The summed E-state index contributed by atoms with van der Waals surface area (Å²) in [7, 11) is 0. The van der Waals surface area contributed by atoms with Crippen molar-refractivity contribution >= 4 is 11.4 Å². The normalized spacial score (nSPS) is 20.1. The number of rotatable bonds is 11. The van der Waals surface area contributed by atoms with Gasteiger partial charge in [0.1, 0.15) is 61.4 Å². The van der Waals surface area contributed by atoms with E-state index in [1.807, 2.05) is 50.2 Å². The highest BCUT2D eigenvalue weighted by Crippen LogP contribution is 2.38. The lowest BCUT2D eigenvalue weighted by atomic mass is 10.0. The molecule has 3 aromatic heterocycles. The zero-order valence-corrected chi connectivity index (χ0v) is 27.2. The quantitative estimate of drug-likeness (QED) is 0.204. The molecular formula is C34H37F2N9O4. The topological polar surface area (TPSA) is 118 Å². The van der Waals surface area contributed by atoms with Crippen molar-refractivity contribution in [1.82, 2.24) is 34.1 Å². The summed E-state index contributed by atoms with van der Waals surface area (Å²) < 4.78 is 51.3. The maximum absolute atomic E-state index is 14.9. The first-order valence-corrected chi connectivity index (χ1v) is 16.3. The highest BCUT2D eigenvalue weighted by Gasteiger charge is 2.46. The van der Waals surface area contributed by atoms with Crippen molar-refractivity contribution in [1.29, 1.82) is 0 Å². The second-order valence-corrected chi connectivity index (χ2v) is 12.2. The Morgan fingerprint density at radius 1 is 0.980 bits per heavy atom. The molecule has 0 aliphatic carbocycles. The molecule has 2 saturated heterocycles. The van der Waals surface area contributed by atoms with Crippen LogP contribution in [0.5, 0.6) is 5.75 Å². The molecule has 0 saturated carbocycles. The molecule has 2 aliphatic heterocycles. The Kier molecular flexibility index (Phi) is 9.10. The Labute approximate surface area is 281 Å². The number of pyridine rings is 1. The van der Waals surface area contributed by atoms with Crippen LogP contribution in [0.1, 0.15) is 31.9 Å². The summed E-state index contributed by atoms with van der Waals surface area (Å²) in [4.78, 5) is 25.8. The second kappa shape index (κ2) is 13.8. The fourth-order valence-corrected chi connectivity index (χ4v) is 6.10. The summed E-state index contributed by atoms with van der Waals surface area (Å²) in [6, 6.07) is 15.0. The van der Waals surface area contributed by atoms with Gasteiger partial charge in [0, 0.05) is 43.5 Å². The van der Waals surface area contributed by atoms with Crippen LogP contribution in [0.4, 0.5) is 20.2 Å². The first kappa shape index (κ1) is 32.4. The molecule has 5 aromatic rings. The summed E-state index contributed by atoms with van der Waals surface area (Å²) in [5.74, 6) is -1.77. The van der Waals surface area contributed by atoms with Crippen molar-refractivity contribution in [2.45, 2.75) is 44.7 Å². The SMILES string of the molecule is CCC(C)n1ncn(-c2ccc(N3CCN(c4ccc(OC[C@H]5CO[C@](Cn6cncn6)(c6ccc(F)cc6F)O5)cc4)CC3)cn2)c1=O. The van der Waals surface area contributed by atoms with Crippen molar-refractivity contribution in [3.05, 3.63) is 107 Å². The van der Waals surface area contributed by atoms with Gasteiger partial charge in [0.05, 0.1) is 24.5 Å². The van der Waals surface area contributed by atoms with E-state index in [0.717, 1.165) is 50.0 Å². The van der Waals surface area contributed by atoms with Crippen molar-refractivity contribution < 1.29 is 23.0 Å². The lowest BCUT2D eigenvalue weighted by Gasteiger charge is -2.37. The summed E-state index contributed by atoms with van der Waals surface area (Å²) in [5, 5.41) is 8.35. The number of benzene rings is 2. The first-order chi connectivity index (χ1) is 23.8. The van der Waals surface area contributed by atoms with Gasteiger partial charge in [0.25, 0.3) is 0 Å². The van der Waals surface area contributed by atoms with E-state index in [-0.39, 0.29) is 37.1 Å². The fraction of sp³-hybridized carbons (Fsp3) is 0.382. The molecule has 13 nitrogen and oxygen atoms in total. The number of ether oxygens (including phenoxy) is 3. The van der Waals surface area contributed by atoms with Crippen molar-refractivity contribution in [2.75, 3.05) is 49.2 Å². The summed E-state index contributed by atoms with van der Waals surface area (Å²) in [6.45, 7) is 7.61.